The fourth-order valence-corrected chi connectivity index (χ4v) is 1.73. The molecule has 0 aliphatic carbocycles. The number of esters is 1. The first-order valence-electron chi connectivity index (χ1n) is 6.12. The van der Waals surface area contributed by atoms with Crippen LogP contribution >= 0.6 is 0 Å². The maximum absolute atomic E-state index is 11.5. The summed E-state index contributed by atoms with van der Waals surface area (Å²) in [5, 5.41) is 20.3. The Kier molecular flexibility index (Phi) is 5.45. The lowest BCUT2D eigenvalue weighted by Gasteiger charge is -2.20. The summed E-state index contributed by atoms with van der Waals surface area (Å²) >= 11 is 0. The SMILES string of the molecule is COC(=O)c1ccc([N+](=O)[O-])c(N(C)CCC(C)O)c1. The van der Waals surface area contributed by atoms with Crippen molar-refractivity contribution >= 4 is 17.3 Å². The molecule has 0 aliphatic heterocycles. The van der Waals surface area contributed by atoms with E-state index in [4.69, 9.17) is 0 Å². The zero-order valence-electron chi connectivity index (χ0n) is 11.7. The van der Waals surface area contributed by atoms with Crippen LogP contribution in [0.15, 0.2) is 18.2 Å². The van der Waals surface area contributed by atoms with Crippen LogP contribution in [0.3, 0.4) is 0 Å². The van der Waals surface area contributed by atoms with Gasteiger partial charge in [0.2, 0.25) is 0 Å². The van der Waals surface area contributed by atoms with Crippen molar-refractivity contribution in [1.82, 2.24) is 0 Å². The molecule has 0 radical (unpaired) electrons. The van der Waals surface area contributed by atoms with Crippen molar-refractivity contribution in [3.8, 4) is 0 Å². The molecular weight excluding hydrogens is 264 g/mol. The van der Waals surface area contributed by atoms with Gasteiger partial charge in [-0.1, -0.05) is 0 Å². The van der Waals surface area contributed by atoms with Crippen molar-refractivity contribution in [3.63, 3.8) is 0 Å². The standard InChI is InChI=1S/C13H18N2O5/c1-9(16)6-7-14(2)12-8-10(13(17)20-3)4-5-11(12)15(18)19/h4-5,8-9,16H,6-7H2,1-3H3. The van der Waals surface area contributed by atoms with Gasteiger partial charge in [0.05, 0.1) is 23.7 Å². The van der Waals surface area contributed by atoms with Crippen molar-refractivity contribution in [2.24, 2.45) is 0 Å². The third-order valence-electron chi connectivity index (χ3n) is 2.89. The highest BCUT2D eigenvalue weighted by atomic mass is 16.6. The Balaban J connectivity index is 3.11. The molecule has 0 aliphatic rings. The molecule has 0 spiro atoms. The van der Waals surface area contributed by atoms with Gasteiger partial charge in [0, 0.05) is 19.7 Å². The first-order valence-corrected chi connectivity index (χ1v) is 6.12. The summed E-state index contributed by atoms with van der Waals surface area (Å²) in [4.78, 5) is 23.6. The van der Waals surface area contributed by atoms with Gasteiger partial charge >= 0.3 is 5.97 Å². The number of nitro groups is 1. The summed E-state index contributed by atoms with van der Waals surface area (Å²) in [5.74, 6) is -0.551. The average molecular weight is 282 g/mol. The zero-order chi connectivity index (χ0) is 15.3. The summed E-state index contributed by atoms with van der Waals surface area (Å²) in [6, 6.07) is 4.06. The maximum Gasteiger partial charge on any atom is 0.337 e. The van der Waals surface area contributed by atoms with Crippen molar-refractivity contribution in [3.05, 3.63) is 33.9 Å². The monoisotopic (exact) mass is 282 g/mol. The van der Waals surface area contributed by atoms with Crippen LogP contribution in [0.5, 0.6) is 0 Å². The number of hydrogen-bond donors (Lipinski definition) is 1. The minimum absolute atomic E-state index is 0.0919. The van der Waals surface area contributed by atoms with Crippen LogP contribution in [-0.4, -0.2) is 42.8 Å². The third kappa shape index (κ3) is 3.92. The second-order valence-corrected chi connectivity index (χ2v) is 4.51. The molecule has 0 bridgehead atoms. The average Bonchev–Trinajstić information content (AvgIpc) is 2.42. The predicted octanol–water partition coefficient (Wildman–Crippen LogP) is 1.59. The molecule has 1 rings (SSSR count). The summed E-state index contributed by atoms with van der Waals surface area (Å²) in [6.45, 7) is 2.08. The quantitative estimate of drug-likeness (QED) is 0.484. The number of carbonyl (C=O) groups is 1. The molecule has 20 heavy (non-hydrogen) atoms. The lowest BCUT2D eigenvalue weighted by molar-refractivity contribution is -0.384. The molecule has 0 aromatic heterocycles. The molecule has 0 saturated heterocycles. The zero-order valence-corrected chi connectivity index (χ0v) is 11.7. The number of nitro benzene ring substituents is 1. The summed E-state index contributed by atoms with van der Waals surface area (Å²) in [5.41, 5.74) is 0.473. The Bertz CT molecular complexity index is 502. The number of anilines is 1. The molecule has 110 valence electrons. The van der Waals surface area contributed by atoms with Crippen LogP contribution in [0.2, 0.25) is 0 Å². The molecule has 1 aromatic rings. The summed E-state index contributed by atoms with van der Waals surface area (Å²) in [7, 11) is 2.92. The van der Waals surface area contributed by atoms with Gasteiger partial charge in [-0.05, 0) is 25.5 Å². The van der Waals surface area contributed by atoms with Gasteiger partial charge in [0.25, 0.3) is 5.69 Å². The van der Waals surface area contributed by atoms with E-state index >= 15 is 0 Å². The minimum atomic E-state index is -0.551. The first-order chi connectivity index (χ1) is 9.36. The number of methoxy groups -OCH3 is 1. The van der Waals surface area contributed by atoms with E-state index in [2.05, 4.69) is 4.74 Å². The van der Waals surface area contributed by atoms with Gasteiger partial charge in [-0.3, -0.25) is 10.1 Å². The van der Waals surface area contributed by atoms with Gasteiger partial charge in [-0.15, -0.1) is 0 Å². The van der Waals surface area contributed by atoms with Crippen LogP contribution < -0.4 is 4.90 Å². The Morgan fingerprint density at radius 2 is 2.20 bits per heavy atom. The number of ether oxygens (including phenoxy) is 1. The number of rotatable bonds is 6. The number of carbonyl (C=O) groups excluding carboxylic acids is 1. The van der Waals surface area contributed by atoms with Crippen molar-refractivity contribution in [1.29, 1.82) is 0 Å². The fourth-order valence-electron chi connectivity index (χ4n) is 1.73. The van der Waals surface area contributed by atoms with E-state index in [1.165, 1.54) is 25.3 Å². The first kappa shape index (κ1) is 15.9. The van der Waals surface area contributed by atoms with E-state index in [-0.39, 0.29) is 11.3 Å². The van der Waals surface area contributed by atoms with Gasteiger partial charge in [-0.25, -0.2) is 4.79 Å². The molecule has 1 atom stereocenters. The van der Waals surface area contributed by atoms with Gasteiger partial charge < -0.3 is 14.7 Å². The number of aliphatic hydroxyl groups is 1. The molecule has 1 N–H and O–H groups in total. The maximum atomic E-state index is 11.5. The molecule has 0 saturated carbocycles. The van der Waals surface area contributed by atoms with Gasteiger partial charge in [0.15, 0.2) is 0 Å². The van der Waals surface area contributed by atoms with Crippen LogP contribution in [0.4, 0.5) is 11.4 Å². The molecule has 7 heteroatoms. The minimum Gasteiger partial charge on any atom is -0.465 e. The molecule has 1 aromatic carbocycles. The van der Waals surface area contributed by atoms with E-state index in [9.17, 15) is 20.0 Å². The molecule has 0 amide bonds. The smallest absolute Gasteiger partial charge is 0.337 e. The van der Waals surface area contributed by atoms with Crippen LogP contribution in [0.1, 0.15) is 23.7 Å². The second kappa shape index (κ2) is 6.85. The van der Waals surface area contributed by atoms with Gasteiger partial charge in [0.1, 0.15) is 5.69 Å². The van der Waals surface area contributed by atoms with Crippen molar-refractivity contribution < 1.29 is 19.6 Å². The Labute approximate surface area is 116 Å². The highest BCUT2D eigenvalue weighted by Crippen LogP contribution is 2.29. The molecule has 7 nitrogen and oxygen atoms in total. The molecular formula is C13H18N2O5. The fraction of sp³-hybridized carbons (Fsp3) is 0.462. The Hall–Kier alpha value is -2.15. The number of hydrogen-bond acceptors (Lipinski definition) is 6. The predicted molar refractivity (Wildman–Crippen MR) is 74.0 cm³/mol. The van der Waals surface area contributed by atoms with E-state index < -0.39 is 17.0 Å². The van der Waals surface area contributed by atoms with E-state index in [0.29, 0.717) is 18.7 Å². The van der Waals surface area contributed by atoms with E-state index in [1.807, 2.05) is 0 Å². The highest BCUT2D eigenvalue weighted by Gasteiger charge is 2.20. The van der Waals surface area contributed by atoms with Crippen LogP contribution in [0, 0.1) is 10.1 Å². The molecule has 0 fully saturated rings. The lowest BCUT2D eigenvalue weighted by Crippen LogP contribution is -2.23. The molecule has 1 unspecified atom stereocenters. The second-order valence-electron chi connectivity index (χ2n) is 4.51. The topological polar surface area (TPSA) is 92.9 Å². The van der Waals surface area contributed by atoms with Crippen molar-refractivity contribution in [2.75, 3.05) is 25.6 Å². The number of aliphatic hydroxyl groups excluding tert-OH is 1. The van der Waals surface area contributed by atoms with Crippen molar-refractivity contribution in [2.45, 2.75) is 19.4 Å². The van der Waals surface area contributed by atoms with E-state index in [1.54, 1.807) is 18.9 Å². The summed E-state index contributed by atoms with van der Waals surface area (Å²) in [6.07, 6.45) is -0.0314. The lowest BCUT2D eigenvalue weighted by atomic mass is 10.1. The van der Waals surface area contributed by atoms with E-state index in [0.717, 1.165) is 0 Å². The largest absolute Gasteiger partial charge is 0.465 e. The molecule has 0 heterocycles. The Morgan fingerprint density at radius 1 is 1.55 bits per heavy atom. The Morgan fingerprint density at radius 3 is 2.70 bits per heavy atom. The highest BCUT2D eigenvalue weighted by molar-refractivity contribution is 5.91. The normalized spacial score (nSPS) is 11.8. The number of nitrogens with zero attached hydrogens (tertiary/aromatic N) is 2. The van der Waals surface area contributed by atoms with Crippen LogP contribution in [-0.2, 0) is 4.74 Å². The van der Waals surface area contributed by atoms with Gasteiger partial charge in [-0.2, -0.15) is 0 Å². The third-order valence-corrected chi connectivity index (χ3v) is 2.89. The summed E-state index contributed by atoms with van der Waals surface area (Å²) < 4.78 is 4.60. The number of benzene rings is 1. The van der Waals surface area contributed by atoms with Crippen LogP contribution in [0.25, 0.3) is 0 Å².